The molecule has 0 radical (unpaired) electrons. The molecule has 0 bridgehead atoms. The lowest BCUT2D eigenvalue weighted by Crippen LogP contribution is -2.47. The Kier molecular flexibility index (Phi) is 5.87. The molecule has 2 aromatic heterocycles. The van der Waals surface area contributed by atoms with Gasteiger partial charge in [0.15, 0.2) is 16.4 Å². The molecule has 1 fully saturated rings. The van der Waals surface area contributed by atoms with Gasteiger partial charge < -0.3 is 9.32 Å². The normalized spacial score (nSPS) is 14.7. The molecule has 6 nitrogen and oxygen atoms in total. The van der Waals surface area contributed by atoms with Crippen molar-refractivity contribution in [2.24, 2.45) is 0 Å². The number of aromatic nitrogens is 3. The smallest absolute Gasteiger partial charge is 0.199 e. The van der Waals surface area contributed by atoms with E-state index in [1.54, 1.807) is 12.3 Å². The fourth-order valence-electron chi connectivity index (χ4n) is 4.06. The van der Waals surface area contributed by atoms with Crippen LogP contribution in [-0.2, 0) is 13.2 Å². The Balaban J connectivity index is 1.35. The van der Waals surface area contributed by atoms with Crippen LogP contribution < -0.4 is 4.90 Å². The van der Waals surface area contributed by atoms with Gasteiger partial charge in [0.2, 0.25) is 0 Å². The number of para-hydroxylation sites is 1. The first-order chi connectivity index (χ1) is 15.7. The van der Waals surface area contributed by atoms with Gasteiger partial charge in [-0.15, -0.1) is 5.10 Å². The third-order valence-electron chi connectivity index (χ3n) is 5.75. The van der Waals surface area contributed by atoms with Crippen LogP contribution in [0.1, 0.15) is 5.56 Å². The van der Waals surface area contributed by atoms with Crippen LogP contribution in [0, 0.1) is 10.6 Å². The van der Waals surface area contributed by atoms with Crippen LogP contribution in [0.4, 0.5) is 10.1 Å². The highest BCUT2D eigenvalue weighted by Gasteiger charge is 2.22. The average molecular weight is 450 g/mol. The molecule has 32 heavy (non-hydrogen) atoms. The van der Waals surface area contributed by atoms with Crippen LogP contribution >= 0.6 is 12.2 Å². The molecule has 3 heterocycles. The van der Waals surface area contributed by atoms with Crippen molar-refractivity contribution >= 4 is 17.9 Å². The maximum absolute atomic E-state index is 14.1. The highest BCUT2D eigenvalue weighted by atomic mass is 32.1. The van der Waals surface area contributed by atoms with E-state index in [-0.39, 0.29) is 5.82 Å². The summed E-state index contributed by atoms with van der Waals surface area (Å²) in [4.78, 5) is 4.38. The lowest BCUT2D eigenvalue weighted by atomic mass is 10.2. The standard InChI is InChI=1S/C24H24FN5OS/c25-20-9-4-5-10-21(20)28-14-12-27(13-15-28)18-30-24(32)29(17-19-7-2-1-3-8-19)23(26-30)22-11-6-16-31-22/h1-11,16H,12-15,17-18H2. The van der Waals surface area contributed by atoms with Gasteiger partial charge in [-0.1, -0.05) is 42.5 Å². The molecule has 0 unspecified atom stereocenters. The van der Waals surface area contributed by atoms with Gasteiger partial charge in [-0.2, -0.15) is 0 Å². The largest absolute Gasteiger partial charge is 0.461 e. The Morgan fingerprint density at radius 2 is 1.66 bits per heavy atom. The first kappa shape index (κ1) is 20.7. The maximum Gasteiger partial charge on any atom is 0.199 e. The molecule has 0 amide bonds. The maximum atomic E-state index is 14.1. The van der Waals surface area contributed by atoms with Crippen LogP contribution in [0.25, 0.3) is 11.6 Å². The van der Waals surface area contributed by atoms with E-state index in [1.165, 1.54) is 6.07 Å². The Morgan fingerprint density at radius 3 is 2.38 bits per heavy atom. The third-order valence-corrected chi connectivity index (χ3v) is 6.18. The van der Waals surface area contributed by atoms with Crippen molar-refractivity contribution in [2.75, 3.05) is 31.1 Å². The second-order valence-corrected chi connectivity index (χ2v) is 8.22. The molecule has 164 valence electrons. The summed E-state index contributed by atoms with van der Waals surface area (Å²) < 4.78 is 24.3. The van der Waals surface area contributed by atoms with Crippen LogP contribution in [0.15, 0.2) is 77.4 Å². The van der Waals surface area contributed by atoms with Crippen LogP contribution in [0.3, 0.4) is 0 Å². The van der Waals surface area contributed by atoms with Gasteiger partial charge in [0.05, 0.1) is 25.2 Å². The Labute approximate surface area is 191 Å². The molecule has 1 aliphatic heterocycles. The molecule has 0 atom stereocenters. The summed E-state index contributed by atoms with van der Waals surface area (Å²) in [6.07, 6.45) is 1.65. The number of rotatable bonds is 6. The van der Waals surface area contributed by atoms with E-state index in [0.717, 1.165) is 31.7 Å². The summed E-state index contributed by atoms with van der Waals surface area (Å²) in [5, 5.41) is 4.80. The first-order valence-corrected chi connectivity index (χ1v) is 11.1. The summed E-state index contributed by atoms with van der Waals surface area (Å²) in [5.74, 6) is 1.23. The third kappa shape index (κ3) is 4.24. The van der Waals surface area contributed by atoms with Crippen molar-refractivity contribution in [3.05, 3.63) is 89.1 Å². The van der Waals surface area contributed by atoms with Crippen molar-refractivity contribution in [1.82, 2.24) is 19.2 Å². The minimum atomic E-state index is -0.175. The van der Waals surface area contributed by atoms with Gasteiger partial charge in [-0.25, -0.2) is 9.07 Å². The van der Waals surface area contributed by atoms with Crippen molar-refractivity contribution in [3.8, 4) is 11.6 Å². The quantitative estimate of drug-likeness (QED) is 0.401. The predicted octanol–water partition coefficient (Wildman–Crippen LogP) is 4.64. The highest BCUT2D eigenvalue weighted by molar-refractivity contribution is 7.71. The fraction of sp³-hybridized carbons (Fsp3) is 0.250. The molecular formula is C24H24FN5OS. The molecule has 0 aliphatic carbocycles. The number of hydrogen-bond acceptors (Lipinski definition) is 5. The molecule has 1 aliphatic rings. The van der Waals surface area contributed by atoms with Gasteiger partial charge in [0, 0.05) is 26.2 Å². The number of piperazine rings is 1. The van der Waals surface area contributed by atoms with E-state index in [9.17, 15) is 4.39 Å². The summed E-state index contributed by atoms with van der Waals surface area (Å²) in [6, 6.07) is 20.9. The molecule has 0 spiro atoms. The number of anilines is 1. The van der Waals surface area contributed by atoms with Crippen molar-refractivity contribution in [2.45, 2.75) is 13.2 Å². The molecule has 5 rings (SSSR count). The molecule has 4 aromatic rings. The van der Waals surface area contributed by atoms with E-state index in [4.69, 9.17) is 21.7 Å². The molecule has 1 saturated heterocycles. The van der Waals surface area contributed by atoms with Crippen molar-refractivity contribution < 1.29 is 8.81 Å². The van der Waals surface area contributed by atoms with Crippen LogP contribution in [0.2, 0.25) is 0 Å². The number of furan rings is 1. The number of benzene rings is 2. The molecule has 8 heteroatoms. The van der Waals surface area contributed by atoms with Crippen LogP contribution in [0.5, 0.6) is 0 Å². The Bertz CT molecular complexity index is 1230. The molecule has 0 saturated carbocycles. The highest BCUT2D eigenvalue weighted by Crippen LogP contribution is 2.22. The Hall–Kier alpha value is -3.23. The van der Waals surface area contributed by atoms with E-state index in [2.05, 4.69) is 21.9 Å². The van der Waals surface area contributed by atoms with Gasteiger partial charge >= 0.3 is 0 Å². The number of hydrogen-bond donors (Lipinski definition) is 0. The zero-order chi connectivity index (χ0) is 21.9. The Morgan fingerprint density at radius 1 is 0.906 bits per heavy atom. The summed E-state index contributed by atoms with van der Waals surface area (Å²) in [5.41, 5.74) is 1.81. The van der Waals surface area contributed by atoms with E-state index in [1.807, 2.05) is 51.7 Å². The van der Waals surface area contributed by atoms with Crippen LogP contribution in [-0.4, -0.2) is 45.4 Å². The van der Waals surface area contributed by atoms with E-state index in [0.29, 0.717) is 35.3 Å². The predicted molar refractivity (Wildman–Crippen MR) is 124 cm³/mol. The summed E-state index contributed by atoms with van der Waals surface area (Å²) in [7, 11) is 0. The summed E-state index contributed by atoms with van der Waals surface area (Å²) >= 11 is 5.81. The summed E-state index contributed by atoms with van der Waals surface area (Å²) in [6.45, 7) is 4.32. The SMILES string of the molecule is Fc1ccccc1N1CCN(Cn2nc(-c3ccco3)n(Cc3ccccc3)c2=S)CC1. The average Bonchev–Trinajstić information content (AvgIpc) is 3.45. The zero-order valence-electron chi connectivity index (χ0n) is 17.6. The molecule has 2 aromatic carbocycles. The second kappa shape index (κ2) is 9.10. The van der Waals surface area contributed by atoms with Crippen molar-refractivity contribution in [1.29, 1.82) is 0 Å². The minimum absolute atomic E-state index is 0.175. The monoisotopic (exact) mass is 449 g/mol. The topological polar surface area (TPSA) is 42.4 Å². The number of nitrogens with zero attached hydrogens (tertiary/aromatic N) is 5. The fourth-order valence-corrected chi connectivity index (χ4v) is 4.31. The first-order valence-electron chi connectivity index (χ1n) is 10.7. The van der Waals surface area contributed by atoms with Gasteiger partial charge in [-0.05, 0) is 42.0 Å². The lowest BCUT2D eigenvalue weighted by Gasteiger charge is -2.35. The van der Waals surface area contributed by atoms with E-state index < -0.39 is 0 Å². The second-order valence-electron chi connectivity index (χ2n) is 7.85. The van der Waals surface area contributed by atoms with Gasteiger partial charge in [0.25, 0.3) is 0 Å². The van der Waals surface area contributed by atoms with E-state index >= 15 is 0 Å². The minimum Gasteiger partial charge on any atom is -0.461 e. The van der Waals surface area contributed by atoms with Gasteiger partial charge in [-0.3, -0.25) is 9.47 Å². The zero-order valence-corrected chi connectivity index (χ0v) is 18.4. The molecular weight excluding hydrogens is 425 g/mol. The van der Waals surface area contributed by atoms with Crippen molar-refractivity contribution in [3.63, 3.8) is 0 Å². The lowest BCUT2D eigenvalue weighted by molar-refractivity contribution is 0.194. The molecule has 0 N–H and O–H groups in total. The van der Waals surface area contributed by atoms with Gasteiger partial charge in [0.1, 0.15) is 5.82 Å². The number of halogens is 1.